The van der Waals surface area contributed by atoms with Gasteiger partial charge < -0.3 is 19.9 Å². The second kappa shape index (κ2) is 8.21. The summed E-state index contributed by atoms with van der Waals surface area (Å²) < 4.78 is 17.2. The number of hydrogen-bond donors (Lipinski definition) is 1. The van der Waals surface area contributed by atoms with Gasteiger partial charge in [-0.05, 0) is 74.1 Å². The monoisotopic (exact) mass is 370 g/mol. The van der Waals surface area contributed by atoms with Crippen molar-refractivity contribution in [1.29, 1.82) is 0 Å². The van der Waals surface area contributed by atoms with Gasteiger partial charge in [-0.25, -0.2) is 4.98 Å². The molecule has 1 aromatic heterocycles. The van der Waals surface area contributed by atoms with Crippen LogP contribution in [-0.4, -0.2) is 11.1 Å². The molecule has 0 spiro atoms. The summed E-state index contributed by atoms with van der Waals surface area (Å²) >= 11 is 1.34. The molecule has 5 nitrogen and oxygen atoms in total. The molecule has 0 saturated heterocycles. The van der Waals surface area contributed by atoms with Crippen LogP contribution in [0.25, 0.3) is 0 Å². The number of nitrogens with two attached hydrogens (primary N) is 1. The smallest absolute Gasteiger partial charge is 0.282 e. The highest BCUT2D eigenvalue weighted by atomic mass is 32.1. The normalized spacial score (nSPS) is 12.0. The van der Waals surface area contributed by atoms with Crippen molar-refractivity contribution in [2.75, 3.05) is 0 Å². The van der Waals surface area contributed by atoms with Gasteiger partial charge in [0.15, 0.2) is 0 Å². The number of benzene rings is 2. The summed E-state index contributed by atoms with van der Waals surface area (Å²) in [7, 11) is 0. The molecule has 0 amide bonds. The standard InChI is InChI=1S/C20H22N2O3S/c1-13(2)23-16-8-10-18(11-9-16)25-20-22-12-19(26-20)24-17-6-4-15(5-7-17)14(3)21/h4-14H,21H2,1-3H3. The van der Waals surface area contributed by atoms with Crippen LogP contribution in [0.5, 0.6) is 27.5 Å². The minimum absolute atomic E-state index is 0.00443. The lowest BCUT2D eigenvalue weighted by Crippen LogP contribution is -2.05. The molecule has 0 aliphatic heterocycles. The Morgan fingerprint density at radius 2 is 1.42 bits per heavy atom. The molecule has 0 radical (unpaired) electrons. The molecule has 2 N–H and O–H groups in total. The van der Waals surface area contributed by atoms with Crippen molar-refractivity contribution in [2.45, 2.75) is 32.9 Å². The Morgan fingerprint density at radius 1 is 0.846 bits per heavy atom. The first-order valence-electron chi connectivity index (χ1n) is 8.43. The Labute approximate surface area is 157 Å². The highest BCUT2D eigenvalue weighted by molar-refractivity contribution is 7.15. The molecule has 2 aromatic carbocycles. The van der Waals surface area contributed by atoms with Crippen LogP contribution in [0.1, 0.15) is 32.4 Å². The number of hydrogen-bond acceptors (Lipinski definition) is 6. The first-order valence-corrected chi connectivity index (χ1v) is 9.25. The van der Waals surface area contributed by atoms with Crippen LogP contribution in [-0.2, 0) is 0 Å². The van der Waals surface area contributed by atoms with Crippen molar-refractivity contribution in [1.82, 2.24) is 4.98 Å². The first kappa shape index (κ1) is 18.2. The van der Waals surface area contributed by atoms with E-state index < -0.39 is 0 Å². The molecule has 3 rings (SSSR count). The van der Waals surface area contributed by atoms with E-state index in [1.54, 1.807) is 6.20 Å². The number of aromatic nitrogens is 1. The SMILES string of the molecule is CC(C)Oc1ccc(Oc2ncc(Oc3ccc(C(C)N)cc3)s2)cc1. The predicted molar refractivity (Wildman–Crippen MR) is 104 cm³/mol. The van der Waals surface area contributed by atoms with Crippen LogP contribution in [0.3, 0.4) is 0 Å². The van der Waals surface area contributed by atoms with Crippen molar-refractivity contribution in [3.63, 3.8) is 0 Å². The third-order valence-electron chi connectivity index (χ3n) is 3.49. The maximum absolute atomic E-state index is 5.85. The molecule has 0 saturated carbocycles. The fraction of sp³-hybridized carbons (Fsp3) is 0.250. The van der Waals surface area contributed by atoms with E-state index in [1.807, 2.05) is 69.3 Å². The lowest BCUT2D eigenvalue weighted by molar-refractivity contribution is 0.242. The third kappa shape index (κ3) is 4.97. The Balaban J connectivity index is 1.60. The molecule has 1 atom stereocenters. The Hall–Kier alpha value is -2.57. The van der Waals surface area contributed by atoms with Gasteiger partial charge in [-0.2, -0.15) is 0 Å². The van der Waals surface area contributed by atoms with Gasteiger partial charge in [0.1, 0.15) is 17.2 Å². The van der Waals surface area contributed by atoms with E-state index in [2.05, 4.69) is 4.98 Å². The molecule has 3 aromatic rings. The average molecular weight is 370 g/mol. The van der Waals surface area contributed by atoms with Crippen LogP contribution < -0.4 is 19.9 Å². The molecule has 0 aliphatic carbocycles. The lowest BCUT2D eigenvalue weighted by Gasteiger charge is -2.09. The van der Waals surface area contributed by atoms with Gasteiger partial charge in [0.2, 0.25) is 5.06 Å². The fourth-order valence-electron chi connectivity index (χ4n) is 2.25. The molecule has 136 valence electrons. The van der Waals surface area contributed by atoms with E-state index in [0.29, 0.717) is 16.0 Å². The maximum Gasteiger partial charge on any atom is 0.282 e. The largest absolute Gasteiger partial charge is 0.491 e. The van der Waals surface area contributed by atoms with Gasteiger partial charge in [0, 0.05) is 6.04 Å². The molecule has 0 bridgehead atoms. The van der Waals surface area contributed by atoms with Gasteiger partial charge in [-0.15, -0.1) is 0 Å². The summed E-state index contributed by atoms with van der Waals surface area (Å²) in [4.78, 5) is 4.24. The van der Waals surface area contributed by atoms with Crippen molar-refractivity contribution >= 4 is 11.3 Å². The minimum Gasteiger partial charge on any atom is -0.491 e. The van der Waals surface area contributed by atoms with Gasteiger partial charge in [-0.3, -0.25) is 0 Å². The molecular weight excluding hydrogens is 348 g/mol. The van der Waals surface area contributed by atoms with E-state index in [4.69, 9.17) is 19.9 Å². The summed E-state index contributed by atoms with van der Waals surface area (Å²) in [6, 6.07) is 15.2. The highest BCUT2D eigenvalue weighted by Crippen LogP contribution is 2.34. The lowest BCUT2D eigenvalue weighted by atomic mass is 10.1. The number of nitrogens with zero attached hydrogens (tertiary/aromatic N) is 1. The zero-order valence-electron chi connectivity index (χ0n) is 15.0. The molecule has 1 unspecified atom stereocenters. The Kier molecular flexibility index (Phi) is 5.75. The molecule has 0 fully saturated rings. The quantitative estimate of drug-likeness (QED) is 0.592. The molecule has 0 aliphatic rings. The molecule has 26 heavy (non-hydrogen) atoms. The van der Waals surface area contributed by atoms with Crippen molar-refractivity contribution in [3.8, 4) is 27.5 Å². The molecule has 6 heteroatoms. The van der Waals surface area contributed by atoms with E-state index in [-0.39, 0.29) is 12.1 Å². The van der Waals surface area contributed by atoms with Crippen LogP contribution in [0.15, 0.2) is 54.7 Å². The fourth-order valence-corrected chi connectivity index (χ4v) is 2.91. The summed E-state index contributed by atoms with van der Waals surface area (Å²) in [6.07, 6.45) is 1.79. The number of thiazole rings is 1. The van der Waals surface area contributed by atoms with Crippen LogP contribution in [0.2, 0.25) is 0 Å². The number of rotatable bonds is 7. The zero-order valence-corrected chi connectivity index (χ0v) is 15.8. The second-order valence-electron chi connectivity index (χ2n) is 6.15. The van der Waals surface area contributed by atoms with Crippen molar-refractivity contribution < 1.29 is 14.2 Å². The van der Waals surface area contributed by atoms with Gasteiger partial charge in [0.05, 0.1) is 12.3 Å². The van der Waals surface area contributed by atoms with Crippen LogP contribution in [0.4, 0.5) is 0 Å². The van der Waals surface area contributed by atoms with E-state index >= 15 is 0 Å². The van der Waals surface area contributed by atoms with Gasteiger partial charge in [0.25, 0.3) is 5.19 Å². The van der Waals surface area contributed by atoms with Crippen molar-refractivity contribution in [2.24, 2.45) is 5.73 Å². The Morgan fingerprint density at radius 3 is 2.04 bits per heavy atom. The van der Waals surface area contributed by atoms with Gasteiger partial charge in [-0.1, -0.05) is 12.1 Å². The van der Waals surface area contributed by atoms with E-state index in [9.17, 15) is 0 Å². The number of ether oxygens (including phenoxy) is 3. The molecule has 1 heterocycles. The van der Waals surface area contributed by atoms with Gasteiger partial charge >= 0.3 is 0 Å². The third-order valence-corrected chi connectivity index (χ3v) is 4.24. The summed E-state index contributed by atoms with van der Waals surface area (Å²) in [5.41, 5.74) is 6.92. The average Bonchev–Trinajstić information content (AvgIpc) is 3.03. The van der Waals surface area contributed by atoms with Crippen LogP contribution >= 0.6 is 11.3 Å². The first-order chi connectivity index (χ1) is 12.5. The van der Waals surface area contributed by atoms with E-state index in [0.717, 1.165) is 17.1 Å². The maximum atomic E-state index is 5.85. The summed E-state index contributed by atoms with van der Waals surface area (Å²) in [5, 5.41) is 1.18. The minimum atomic E-state index is 0.00443. The highest BCUT2D eigenvalue weighted by Gasteiger charge is 2.08. The summed E-state index contributed by atoms with van der Waals surface area (Å²) in [6.45, 7) is 5.93. The predicted octanol–water partition coefficient (Wildman–Crippen LogP) is 5.53. The Bertz CT molecular complexity index is 827. The zero-order chi connectivity index (χ0) is 18.5. The van der Waals surface area contributed by atoms with E-state index in [1.165, 1.54) is 11.3 Å². The molecular formula is C20H22N2O3S. The van der Waals surface area contributed by atoms with Crippen molar-refractivity contribution in [3.05, 3.63) is 60.3 Å². The second-order valence-corrected chi connectivity index (χ2v) is 7.10. The van der Waals surface area contributed by atoms with Crippen LogP contribution in [0, 0.1) is 0 Å². The summed E-state index contributed by atoms with van der Waals surface area (Å²) in [5.74, 6) is 2.24. The topological polar surface area (TPSA) is 66.6 Å².